The molecule has 11 heteroatoms. The molecule has 0 fully saturated rings. The number of carbonyl (C=O) groups excluding carboxylic acids is 3. The largest absolute Gasteiger partial charge is 0.463 e. The Bertz CT molecular complexity index is 1200. The van der Waals surface area contributed by atoms with Crippen LogP contribution in [0.4, 0.5) is 16.2 Å². The highest BCUT2D eigenvalue weighted by atomic mass is 35.5. The van der Waals surface area contributed by atoms with E-state index >= 15 is 0 Å². The van der Waals surface area contributed by atoms with Gasteiger partial charge in [0.1, 0.15) is 5.02 Å². The van der Waals surface area contributed by atoms with Crippen molar-refractivity contribution in [3.05, 3.63) is 80.0 Å². The quantitative estimate of drug-likeness (QED) is 0.303. The number of esters is 1. The maximum absolute atomic E-state index is 12.7. The van der Waals surface area contributed by atoms with Crippen LogP contribution in [0.1, 0.15) is 49.2 Å². The lowest BCUT2D eigenvalue weighted by Gasteiger charge is -2.35. The molecule has 0 saturated heterocycles. The molecule has 0 bridgehead atoms. The number of nitrogens with one attached hydrogen (secondary N) is 2. The van der Waals surface area contributed by atoms with Gasteiger partial charge in [-0.1, -0.05) is 30.7 Å². The Labute approximate surface area is 207 Å². The number of nitrogens with zero attached hydrogens (tertiary/aromatic N) is 2. The summed E-state index contributed by atoms with van der Waals surface area (Å²) in [4.78, 5) is 49.9. The Morgan fingerprint density at radius 3 is 2.49 bits per heavy atom. The number of benzene rings is 2. The van der Waals surface area contributed by atoms with E-state index in [2.05, 4.69) is 10.6 Å². The number of hydrogen-bond acceptors (Lipinski definition) is 6. The number of nitro groups is 1. The lowest BCUT2D eigenvalue weighted by Crippen LogP contribution is -2.48. The molecular weight excluding hydrogens is 476 g/mol. The molecule has 2 aromatic carbocycles. The molecule has 1 unspecified atom stereocenters. The van der Waals surface area contributed by atoms with Crippen molar-refractivity contribution in [2.45, 2.75) is 33.2 Å². The Balaban J connectivity index is 1.86. The molecule has 0 aliphatic carbocycles. The third-order valence-corrected chi connectivity index (χ3v) is 5.77. The van der Waals surface area contributed by atoms with Crippen LogP contribution in [0.5, 0.6) is 0 Å². The van der Waals surface area contributed by atoms with E-state index < -0.39 is 22.8 Å². The van der Waals surface area contributed by atoms with Crippen molar-refractivity contribution >= 4 is 40.9 Å². The second kappa shape index (κ2) is 11.0. The highest BCUT2D eigenvalue weighted by molar-refractivity contribution is 6.32. The summed E-state index contributed by atoms with van der Waals surface area (Å²) in [5, 5.41) is 16.5. The molecule has 0 saturated carbocycles. The zero-order valence-corrected chi connectivity index (χ0v) is 20.2. The molecule has 2 N–H and O–H groups in total. The minimum absolute atomic E-state index is 0.0660. The standard InChI is InChI=1S/C24H25ClN4O6/c1-4-12-28-14(3)20(23(31)35-5-2)21(27-24(28)32)15-6-9-17(10-7-15)26-22(30)16-8-11-18(25)19(13-16)29(33)34/h6-11,13,21H,4-5,12H2,1-3H3,(H,26,30)(H,27,32). The maximum atomic E-state index is 12.7. The molecule has 1 heterocycles. The zero-order chi connectivity index (χ0) is 25.7. The van der Waals surface area contributed by atoms with Crippen LogP contribution in [0, 0.1) is 10.1 Å². The number of rotatable bonds is 8. The molecule has 0 aromatic heterocycles. The van der Waals surface area contributed by atoms with Crippen LogP contribution >= 0.6 is 11.6 Å². The van der Waals surface area contributed by atoms with Crippen molar-refractivity contribution in [2.24, 2.45) is 0 Å². The third kappa shape index (κ3) is 5.60. The molecule has 35 heavy (non-hydrogen) atoms. The van der Waals surface area contributed by atoms with Gasteiger partial charge in [-0.15, -0.1) is 0 Å². The van der Waals surface area contributed by atoms with Crippen molar-refractivity contribution in [1.82, 2.24) is 10.2 Å². The van der Waals surface area contributed by atoms with Gasteiger partial charge in [-0.2, -0.15) is 0 Å². The second-order valence-corrected chi connectivity index (χ2v) is 8.16. The van der Waals surface area contributed by atoms with Crippen molar-refractivity contribution < 1.29 is 24.0 Å². The fraction of sp³-hybridized carbons (Fsp3) is 0.292. The molecule has 3 amide bonds. The van der Waals surface area contributed by atoms with Crippen LogP contribution < -0.4 is 10.6 Å². The smallest absolute Gasteiger partial charge is 0.338 e. The Morgan fingerprint density at radius 1 is 1.20 bits per heavy atom. The van der Waals surface area contributed by atoms with Gasteiger partial charge in [0.25, 0.3) is 11.6 Å². The molecule has 0 spiro atoms. The predicted molar refractivity (Wildman–Crippen MR) is 130 cm³/mol. The molecule has 1 aliphatic rings. The third-order valence-electron chi connectivity index (χ3n) is 5.45. The molecule has 10 nitrogen and oxygen atoms in total. The van der Waals surface area contributed by atoms with Crippen molar-refractivity contribution in [1.29, 1.82) is 0 Å². The lowest BCUT2D eigenvalue weighted by molar-refractivity contribution is -0.384. The van der Waals surface area contributed by atoms with E-state index in [4.69, 9.17) is 16.3 Å². The lowest BCUT2D eigenvalue weighted by atomic mass is 9.94. The Morgan fingerprint density at radius 2 is 1.89 bits per heavy atom. The van der Waals surface area contributed by atoms with Gasteiger partial charge in [0.05, 0.1) is 23.1 Å². The number of anilines is 1. The first-order valence-corrected chi connectivity index (χ1v) is 11.4. The van der Waals surface area contributed by atoms with E-state index in [0.717, 1.165) is 12.5 Å². The minimum Gasteiger partial charge on any atom is -0.463 e. The van der Waals surface area contributed by atoms with Gasteiger partial charge in [0.15, 0.2) is 0 Å². The van der Waals surface area contributed by atoms with Crippen LogP contribution in [0.3, 0.4) is 0 Å². The van der Waals surface area contributed by atoms with Gasteiger partial charge in [0, 0.05) is 29.6 Å². The topological polar surface area (TPSA) is 131 Å². The summed E-state index contributed by atoms with van der Waals surface area (Å²) >= 11 is 5.81. The summed E-state index contributed by atoms with van der Waals surface area (Å²) in [6.45, 7) is 6.01. The van der Waals surface area contributed by atoms with Gasteiger partial charge >= 0.3 is 12.0 Å². The zero-order valence-electron chi connectivity index (χ0n) is 19.5. The molecule has 1 atom stereocenters. The number of ether oxygens (including phenoxy) is 1. The Hall–Kier alpha value is -3.92. The van der Waals surface area contributed by atoms with E-state index in [9.17, 15) is 24.5 Å². The molecule has 3 rings (SSSR count). The van der Waals surface area contributed by atoms with Gasteiger partial charge in [-0.3, -0.25) is 19.8 Å². The minimum atomic E-state index is -0.724. The van der Waals surface area contributed by atoms with E-state index in [0.29, 0.717) is 29.1 Å². The number of amides is 3. The summed E-state index contributed by atoms with van der Waals surface area (Å²) in [6.07, 6.45) is 0.719. The van der Waals surface area contributed by atoms with E-state index in [1.807, 2.05) is 6.92 Å². The van der Waals surface area contributed by atoms with Crippen LogP contribution in [0.15, 0.2) is 53.7 Å². The van der Waals surface area contributed by atoms with Crippen molar-refractivity contribution in [3.8, 4) is 0 Å². The average Bonchev–Trinajstić information content (AvgIpc) is 2.82. The summed E-state index contributed by atoms with van der Waals surface area (Å²) in [7, 11) is 0. The fourth-order valence-corrected chi connectivity index (χ4v) is 3.94. The highest BCUT2D eigenvalue weighted by Gasteiger charge is 2.36. The number of urea groups is 1. The number of carbonyl (C=O) groups is 3. The predicted octanol–water partition coefficient (Wildman–Crippen LogP) is 4.81. The Kier molecular flexibility index (Phi) is 8.08. The number of hydrogen-bond donors (Lipinski definition) is 2. The normalized spacial score (nSPS) is 15.5. The van der Waals surface area contributed by atoms with Crippen LogP contribution in [-0.2, 0) is 9.53 Å². The van der Waals surface area contributed by atoms with E-state index in [-0.39, 0.29) is 28.9 Å². The second-order valence-electron chi connectivity index (χ2n) is 7.75. The summed E-state index contributed by atoms with van der Waals surface area (Å²) in [6, 6.07) is 9.31. The first kappa shape index (κ1) is 25.7. The summed E-state index contributed by atoms with van der Waals surface area (Å²) in [5.41, 5.74) is 1.62. The molecular formula is C24H25ClN4O6. The summed E-state index contributed by atoms with van der Waals surface area (Å²) in [5.74, 6) is -1.07. The summed E-state index contributed by atoms with van der Waals surface area (Å²) < 4.78 is 5.24. The van der Waals surface area contributed by atoms with E-state index in [1.165, 1.54) is 17.0 Å². The number of nitro benzene ring substituents is 1. The average molecular weight is 501 g/mol. The van der Waals surface area contributed by atoms with Gasteiger partial charge in [-0.25, -0.2) is 9.59 Å². The molecule has 184 valence electrons. The molecule has 2 aromatic rings. The van der Waals surface area contributed by atoms with E-state index in [1.54, 1.807) is 38.1 Å². The number of halogens is 1. The van der Waals surface area contributed by atoms with Crippen molar-refractivity contribution in [3.63, 3.8) is 0 Å². The SMILES string of the molecule is CCCN1C(=O)NC(c2ccc(NC(=O)c3ccc(Cl)c([N+](=O)[O-])c3)cc2)C(C(=O)OCC)=C1C. The first-order valence-electron chi connectivity index (χ1n) is 11.0. The van der Waals surface area contributed by atoms with Crippen LogP contribution in [0.2, 0.25) is 5.02 Å². The molecule has 1 aliphatic heterocycles. The first-order chi connectivity index (χ1) is 16.7. The monoisotopic (exact) mass is 500 g/mol. The van der Waals surface area contributed by atoms with Crippen LogP contribution in [-0.4, -0.2) is 40.9 Å². The fourth-order valence-electron chi connectivity index (χ4n) is 3.75. The number of allylic oxidation sites excluding steroid dienone is 1. The highest BCUT2D eigenvalue weighted by Crippen LogP contribution is 2.32. The van der Waals surface area contributed by atoms with Crippen LogP contribution in [0.25, 0.3) is 0 Å². The van der Waals surface area contributed by atoms with Gasteiger partial charge in [-0.05, 0) is 50.1 Å². The van der Waals surface area contributed by atoms with Crippen molar-refractivity contribution in [2.75, 3.05) is 18.5 Å². The van der Waals surface area contributed by atoms with Gasteiger partial charge in [0.2, 0.25) is 0 Å². The van der Waals surface area contributed by atoms with Gasteiger partial charge < -0.3 is 15.4 Å². The maximum Gasteiger partial charge on any atom is 0.338 e. The molecule has 0 radical (unpaired) electrons.